The van der Waals surface area contributed by atoms with Crippen molar-refractivity contribution in [2.24, 2.45) is 0 Å². The van der Waals surface area contributed by atoms with Gasteiger partial charge in [-0.2, -0.15) is 5.10 Å². The number of aromatic nitrogens is 4. The second-order valence-corrected chi connectivity index (χ2v) is 11.4. The van der Waals surface area contributed by atoms with E-state index in [-0.39, 0.29) is 17.7 Å². The molecule has 4 aliphatic rings. The van der Waals surface area contributed by atoms with Gasteiger partial charge >= 0.3 is 0 Å². The topological polar surface area (TPSA) is 110 Å². The third kappa shape index (κ3) is 3.47. The molecule has 3 fully saturated rings. The lowest BCUT2D eigenvalue weighted by molar-refractivity contribution is -0.701. The van der Waals surface area contributed by atoms with Crippen molar-refractivity contribution in [3.63, 3.8) is 0 Å². The number of halogens is 1. The van der Waals surface area contributed by atoms with Crippen LogP contribution >= 0.6 is 0 Å². The summed E-state index contributed by atoms with van der Waals surface area (Å²) in [6.45, 7) is 5.48. The fourth-order valence-electron chi connectivity index (χ4n) is 6.37. The van der Waals surface area contributed by atoms with Gasteiger partial charge in [0.05, 0.1) is 42.6 Å². The number of nitrogens with one attached hydrogen (secondary N) is 3. The van der Waals surface area contributed by atoms with E-state index in [0.717, 1.165) is 83.1 Å². The monoisotopic (exact) mass is 514 g/mol. The van der Waals surface area contributed by atoms with E-state index in [9.17, 15) is 14.3 Å². The average Bonchev–Trinajstić information content (AvgIpc) is 3.37. The van der Waals surface area contributed by atoms with Crippen molar-refractivity contribution in [1.82, 2.24) is 30.4 Å². The summed E-state index contributed by atoms with van der Waals surface area (Å²) in [7, 11) is 0. The van der Waals surface area contributed by atoms with Crippen LogP contribution in [0.2, 0.25) is 0 Å². The molecular weight excluding hydrogens is 485 g/mol. The van der Waals surface area contributed by atoms with Crippen molar-refractivity contribution in [2.45, 2.75) is 44.4 Å². The van der Waals surface area contributed by atoms with E-state index in [4.69, 9.17) is 4.98 Å². The number of rotatable bonds is 6. The number of H-pyrrole nitrogens is 2. The fraction of sp³-hybridized carbons (Fsp3) is 0.393. The first-order valence-corrected chi connectivity index (χ1v) is 13.4. The summed E-state index contributed by atoms with van der Waals surface area (Å²) in [5.41, 5.74) is 6.03. The number of carbonyl (C=O) groups is 1. The normalized spacial score (nSPS) is 25.1. The van der Waals surface area contributed by atoms with Gasteiger partial charge in [0.1, 0.15) is 18.8 Å². The number of imidazole rings is 1. The summed E-state index contributed by atoms with van der Waals surface area (Å²) >= 11 is 0. The quantitative estimate of drug-likeness (QED) is 0.234. The minimum atomic E-state index is -0.612. The van der Waals surface area contributed by atoms with E-state index >= 15 is 0 Å². The first-order valence-electron chi connectivity index (χ1n) is 13.4. The number of carbonyl (C=O) groups excluding carboxylic acids is 1. The van der Waals surface area contributed by atoms with Crippen molar-refractivity contribution >= 4 is 16.8 Å². The maximum Gasteiger partial charge on any atom is 0.240 e. The number of amides is 1. The molecule has 2 aromatic heterocycles. The molecule has 0 bridgehead atoms. The minimum absolute atomic E-state index is 0.0800. The second-order valence-electron chi connectivity index (χ2n) is 11.4. The Balaban J connectivity index is 1.06. The molecule has 194 valence electrons. The molecule has 6 heterocycles. The Bertz CT molecular complexity index is 1590. The van der Waals surface area contributed by atoms with Gasteiger partial charge in [-0.3, -0.25) is 9.89 Å². The standard InChI is InChI=1S/C28H28FN7O2/c29-20-10-19(16(9-25(20)37)5-7-36-13-17(36)14-36)15-3-4-18-22(8-15)33-34-26(18)27-31-23-11-35(12-24(23)32-27)28(38)21-2-1-6-30-21/h3-4,8-10,17,21,30H,1-2,5-7,11-14H2,(H2-,31,32,33,34,37)/p+1/t17?,21-,36?/m0/s1. The molecule has 9 nitrogen and oxygen atoms in total. The molecule has 2 aromatic carbocycles. The number of nitrogens with zero attached hydrogens (tertiary/aromatic N) is 4. The summed E-state index contributed by atoms with van der Waals surface area (Å²) in [6.07, 6.45) is 2.73. The van der Waals surface area contributed by atoms with Crippen LogP contribution in [0.1, 0.15) is 29.8 Å². The largest absolute Gasteiger partial charge is 0.505 e. The first-order chi connectivity index (χ1) is 18.5. The molecule has 4 aliphatic heterocycles. The molecule has 0 radical (unpaired) electrons. The SMILES string of the molecule is O=C([C@@H]1CCCN1)N1Cc2nc(-c3n[nH]c4cc(-c5cc(F)c(O)cc5CC[N+]56CC5C6)ccc34)[nH]c2C1. The Hall–Kier alpha value is -3.76. The summed E-state index contributed by atoms with van der Waals surface area (Å²) in [4.78, 5) is 22.8. The zero-order valence-corrected chi connectivity index (χ0v) is 20.9. The van der Waals surface area contributed by atoms with E-state index in [0.29, 0.717) is 18.9 Å². The molecule has 0 saturated carbocycles. The van der Waals surface area contributed by atoms with Crippen LogP contribution in [0.5, 0.6) is 5.75 Å². The van der Waals surface area contributed by atoms with Gasteiger partial charge in [-0.1, -0.05) is 6.07 Å². The Kier molecular flexibility index (Phi) is 4.61. The molecule has 8 rings (SSSR count). The maximum atomic E-state index is 14.4. The number of aromatic amines is 2. The Morgan fingerprint density at radius 3 is 2.84 bits per heavy atom. The lowest BCUT2D eigenvalue weighted by Crippen LogP contribution is -2.41. The van der Waals surface area contributed by atoms with Crippen molar-refractivity contribution < 1.29 is 18.8 Å². The zero-order chi connectivity index (χ0) is 25.6. The maximum absolute atomic E-state index is 14.4. The number of aromatic hydroxyl groups is 1. The molecule has 4 aromatic rings. The number of fused-ring (bicyclic) bond motifs is 3. The first kappa shape index (κ1) is 22.2. The molecule has 3 saturated heterocycles. The highest BCUT2D eigenvalue weighted by Crippen LogP contribution is 2.48. The molecule has 0 aliphatic carbocycles. The van der Waals surface area contributed by atoms with Gasteiger partial charge < -0.3 is 24.8 Å². The van der Waals surface area contributed by atoms with Gasteiger partial charge in [-0.25, -0.2) is 9.37 Å². The number of phenolic OH excluding ortho intramolecular Hbond substituents is 1. The Labute approximate surface area is 218 Å². The smallest absolute Gasteiger partial charge is 0.240 e. The van der Waals surface area contributed by atoms with Crippen LogP contribution in [0.3, 0.4) is 0 Å². The number of quaternary nitrogens is 1. The number of hydrogen-bond donors (Lipinski definition) is 4. The van der Waals surface area contributed by atoms with Crippen molar-refractivity contribution in [1.29, 1.82) is 0 Å². The molecule has 1 amide bonds. The zero-order valence-electron chi connectivity index (χ0n) is 20.9. The van der Waals surface area contributed by atoms with Crippen molar-refractivity contribution in [3.8, 4) is 28.4 Å². The van der Waals surface area contributed by atoms with Crippen LogP contribution in [-0.2, 0) is 24.3 Å². The summed E-state index contributed by atoms with van der Waals surface area (Å²) in [6, 6.07) is 9.72. The van der Waals surface area contributed by atoms with Gasteiger partial charge in [0.25, 0.3) is 0 Å². The molecule has 0 spiro atoms. The van der Waals surface area contributed by atoms with E-state index < -0.39 is 5.82 Å². The van der Waals surface area contributed by atoms with Crippen molar-refractivity contribution in [3.05, 3.63) is 53.1 Å². The van der Waals surface area contributed by atoms with E-state index in [1.807, 2.05) is 23.1 Å². The number of hydrogen-bond acceptors (Lipinski definition) is 5. The molecular formula is C28H29FN7O2+. The Morgan fingerprint density at radius 2 is 2.08 bits per heavy atom. The Morgan fingerprint density at radius 1 is 1.21 bits per heavy atom. The molecule has 0 unspecified atom stereocenters. The molecule has 1 atom stereocenters. The van der Waals surface area contributed by atoms with Gasteiger partial charge in [0.15, 0.2) is 23.4 Å². The summed E-state index contributed by atoms with van der Waals surface area (Å²) in [5.74, 6) is -0.0888. The minimum Gasteiger partial charge on any atom is -0.505 e. The van der Waals surface area contributed by atoms with Crippen molar-refractivity contribution in [2.75, 3.05) is 26.2 Å². The molecule has 4 N–H and O–H groups in total. The molecule has 38 heavy (non-hydrogen) atoms. The summed E-state index contributed by atoms with van der Waals surface area (Å²) < 4.78 is 15.6. The number of benzene rings is 2. The highest BCUT2D eigenvalue weighted by atomic mass is 19.1. The highest BCUT2D eigenvalue weighted by molar-refractivity contribution is 5.94. The average molecular weight is 515 g/mol. The van der Waals surface area contributed by atoms with E-state index in [1.165, 1.54) is 23.6 Å². The van der Waals surface area contributed by atoms with Crippen LogP contribution in [0.25, 0.3) is 33.5 Å². The predicted octanol–water partition coefficient (Wildman–Crippen LogP) is 2.81. The molecule has 10 heteroatoms. The van der Waals surface area contributed by atoms with Crippen LogP contribution in [0.4, 0.5) is 4.39 Å². The third-order valence-corrected chi connectivity index (χ3v) is 8.98. The fourth-order valence-corrected chi connectivity index (χ4v) is 6.37. The third-order valence-electron chi connectivity index (χ3n) is 8.98. The summed E-state index contributed by atoms with van der Waals surface area (Å²) in [5, 5.41) is 21.9. The van der Waals surface area contributed by atoms with Gasteiger partial charge in [-0.05, 0) is 60.3 Å². The van der Waals surface area contributed by atoms with Gasteiger partial charge in [0.2, 0.25) is 5.91 Å². The highest BCUT2D eigenvalue weighted by Gasteiger charge is 2.72. The lowest BCUT2D eigenvalue weighted by Gasteiger charge is -2.19. The van der Waals surface area contributed by atoms with Gasteiger partial charge in [0, 0.05) is 11.8 Å². The van der Waals surface area contributed by atoms with Crippen LogP contribution < -0.4 is 5.32 Å². The van der Waals surface area contributed by atoms with Crippen LogP contribution in [-0.4, -0.2) is 78.8 Å². The predicted molar refractivity (Wildman–Crippen MR) is 138 cm³/mol. The number of phenols is 1. The lowest BCUT2D eigenvalue weighted by atomic mass is 9.96. The van der Waals surface area contributed by atoms with Crippen LogP contribution in [0.15, 0.2) is 30.3 Å². The van der Waals surface area contributed by atoms with E-state index in [1.54, 1.807) is 6.07 Å². The second kappa shape index (κ2) is 7.87. The van der Waals surface area contributed by atoms with E-state index in [2.05, 4.69) is 20.5 Å². The van der Waals surface area contributed by atoms with Gasteiger partial charge in [-0.15, -0.1) is 0 Å². The van der Waals surface area contributed by atoms with Crippen LogP contribution in [0, 0.1) is 5.82 Å².